The normalized spacial score (nSPS) is 11.7. The summed E-state index contributed by atoms with van der Waals surface area (Å²) in [5, 5.41) is 19.6. The Morgan fingerprint density at radius 3 is 2.44 bits per heavy atom. The van der Waals surface area contributed by atoms with Gasteiger partial charge in [0.15, 0.2) is 0 Å². The molecule has 7 nitrogen and oxygen atoms in total. The van der Waals surface area contributed by atoms with Crippen LogP contribution >= 0.6 is 23.2 Å². The maximum Gasteiger partial charge on any atom is 0.280 e. The fraction of sp³-hybridized carbons (Fsp3) is 0.0870. The number of hydrogen-bond donors (Lipinski definition) is 3. The molecule has 9 heteroatoms. The summed E-state index contributed by atoms with van der Waals surface area (Å²) in [5.74, 6) is -0.751. The van der Waals surface area contributed by atoms with Crippen molar-refractivity contribution in [2.24, 2.45) is 5.10 Å². The second-order valence-corrected chi connectivity index (χ2v) is 8.02. The lowest BCUT2D eigenvalue weighted by atomic mass is 10.1. The molecule has 4 aromatic rings. The zero-order chi connectivity index (χ0) is 23.0. The van der Waals surface area contributed by atoms with Crippen molar-refractivity contribution in [1.29, 1.82) is 0 Å². The lowest BCUT2D eigenvalue weighted by Gasteiger charge is -2.06. The van der Waals surface area contributed by atoms with E-state index in [0.29, 0.717) is 32.7 Å². The standard InChI is InChI=1S/C23H18Cl2N4O3/c1-12(21-13(2)28-29(23(21)32)16-7-8-18(24)19(25)11-16)26-27-22(31)17-9-14-5-3-4-6-15(14)10-20(17)30/h3-11,28,30H,1-2H3,(H,27,31). The molecule has 1 aromatic heterocycles. The Morgan fingerprint density at radius 2 is 1.75 bits per heavy atom. The monoisotopic (exact) mass is 468 g/mol. The van der Waals surface area contributed by atoms with Gasteiger partial charge in [-0.05, 0) is 55.0 Å². The van der Waals surface area contributed by atoms with E-state index in [-0.39, 0.29) is 16.9 Å². The Balaban J connectivity index is 1.63. The number of benzene rings is 3. The van der Waals surface area contributed by atoms with Gasteiger partial charge in [0.25, 0.3) is 11.5 Å². The van der Waals surface area contributed by atoms with Crippen LogP contribution < -0.4 is 11.0 Å². The molecule has 0 spiro atoms. The molecule has 32 heavy (non-hydrogen) atoms. The van der Waals surface area contributed by atoms with Gasteiger partial charge in [-0.25, -0.2) is 10.1 Å². The third-order valence-corrected chi connectivity index (χ3v) is 5.77. The number of H-pyrrole nitrogens is 1. The Bertz CT molecular complexity index is 1450. The smallest absolute Gasteiger partial charge is 0.280 e. The van der Waals surface area contributed by atoms with Crippen LogP contribution in [0.3, 0.4) is 0 Å². The number of aromatic nitrogens is 2. The van der Waals surface area contributed by atoms with Gasteiger partial charge in [-0.3, -0.25) is 14.7 Å². The average molecular weight is 469 g/mol. The van der Waals surface area contributed by atoms with Gasteiger partial charge in [0.2, 0.25) is 0 Å². The SMILES string of the molecule is CC(=NNC(=O)c1cc2ccccc2cc1O)c1c(C)[nH]n(-c2ccc(Cl)c(Cl)c2)c1=O. The minimum Gasteiger partial charge on any atom is -0.507 e. The van der Waals surface area contributed by atoms with Crippen molar-refractivity contribution in [2.45, 2.75) is 13.8 Å². The maximum absolute atomic E-state index is 13.0. The number of nitrogens with zero attached hydrogens (tertiary/aromatic N) is 2. The molecule has 0 aliphatic carbocycles. The van der Waals surface area contributed by atoms with Crippen LogP contribution in [-0.2, 0) is 0 Å². The molecule has 4 rings (SSSR count). The predicted molar refractivity (Wildman–Crippen MR) is 126 cm³/mol. The van der Waals surface area contributed by atoms with Crippen molar-refractivity contribution < 1.29 is 9.90 Å². The molecule has 0 saturated heterocycles. The van der Waals surface area contributed by atoms with Gasteiger partial charge in [0, 0.05) is 5.69 Å². The number of rotatable bonds is 4. The van der Waals surface area contributed by atoms with Crippen molar-refractivity contribution in [3.63, 3.8) is 0 Å². The minimum atomic E-state index is -0.592. The zero-order valence-corrected chi connectivity index (χ0v) is 18.6. The lowest BCUT2D eigenvalue weighted by Crippen LogP contribution is -2.23. The van der Waals surface area contributed by atoms with Gasteiger partial charge in [-0.1, -0.05) is 47.5 Å². The van der Waals surface area contributed by atoms with Crippen molar-refractivity contribution >= 4 is 45.6 Å². The Kier molecular flexibility index (Phi) is 5.78. The highest BCUT2D eigenvalue weighted by Gasteiger charge is 2.17. The number of phenols is 1. The summed E-state index contributed by atoms with van der Waals surface area (Å²) >= 11 is 12.0. The fourth-order valence-corrected chi connectivity index (χ4v) is 3.73. The van der Waals surface area contributed by atoms with Crippen LogP contribution in [0.15, 0.2) is 64.5 Å². The molecule has 0 fully saturated rings. The first-order valence-corrected chi connectivity index (χ1v) is 10.4. The van der Waals surface area contributed by atoms with Crippen molar-refractivity contribution in [3.05, 3.63) is 91.8 Å². The van der Waals surface area contributed by atoms with Crippen LogP contribution in [0.2, 0.25) is 10.0 Å². The van der Waals surface area contributed by atoms with E-state index in [4.69, 9.17) is 23.2 Å². The van der Waals surface area contributed by atoms with E-state index in [2.05, 4.69) is 15.6 Å². The van der Waals surface area contributed by atoms with Gasteiger partial charge in [-0.2, -0.15) is 5.10 Å². The molecule has 1 amide bonds. The summed E-state index contributed by atoms with van der Waals surface area (Å²) in [5.41, 5.74) is 3.82. The topological polar surface area (TPSA) is 99.5 Å². The molecule has 0 aliphatic heterocycles. The van der Waals surface area contributed by atoms with Crippen LogP contribution in [0, 0.1) is 6.92 Å². The Labute approximate surface area is 192 Å². The molecule has 0 saturated carbocycles. The molecule has 162 valence electrons. The van der Waals surface area contributed by atoms with E-state index < -0.39 is 5.91 Å². The van der Waals surface area contributed by atoms with E-state index in [1.54, 1.807) is 38.1 Å². The summed E-state index contributed by atoms with van der Waals surface area (Å²) in [4.78, 5) is 25.6. The number of hydrogen-bond acceptors (Lipinski definition) is 4. The number of phenolic OH excluding ortho intramolecular Hbond substituents is 1. The zero-order valence-electron chi connectivity index (χ0n) is 17.1. The summed E-state index contributed by atoms with van der Waals surface area (Å²) in [7, 11) is 0. The van der Waals surface area contributed by atoms with Crippen molar-refractivity contribution in [3.8, 4) is 11.4 Å². The summed E-state index contributed by atoms with van der Waals surface area (Å²) < 4.78 is 1.32. The first-order chi connectivity index (χ1) is 15.3. The van der Waals surface area contributed by atoms with Crippen LogP contribution in [0.1, 0.15) is 28.5 Å². The number of carbonyl (C=O) groups excluding carboxylic acids is 1. The molecular weight excluding hydrogens is 451 g/mol. The predicted octanol–water partition coefficient (Wildman–Crippen LogP) is 4.79. The van der Waals surface area contributed by atoms with Gasteiger partial charge >= 0.3 is 0 Å². The highest BCUT2D eigenvalue weighted by Crippen LogP contribution is 2.25. The van der Waals surface area contributed by atoms with Gasteiger partial charge in [0.1, 0.15) is 5.75 Å². The van der Waals surface area contributed by atoms with E-state index in [9.17, 15) is 14.7 Å². The quantitative estimate of drug-likeness (QED) is 0.296. The third-order valence-electron chi connectivity index (χ3n) is 5.03. The second kappa shape index (κ2) is 8.53. The van der Waals surface area contributed by atoms with Gasteiger partial charge in [0.05, 0.1) is 32.6 Å². The van der Waals surface area contributed by atoms with Crippen LogP contribution in [-0.4, -0.2) is 26.5 Å². The molecule has 0 aliphatic rings. The molecule has 1 heterocycles. The molecular formula is C23H18Cl2N4O3. The fourth-order valence-electron chi connectivity index (χ4n) is 3.44. The van der Waals surface area contributed by atoms with Crippen LogP contribution in [0.25, 0.3) is 16.5 Å². The largest absolute Gasteiger partial charge is 0.507 e. The first kappa shape index (κ1) is 21.7. The van der Waals surface area contributed by atoms with Crippen molar-refractivity contribution in [1.82, 2.24) is 15.2 Å². The van der Waals surface area contributed by atoms with Crippen LogP contribution in [0.5, 0.6) is 5.75 Å². The molecule has 0 bridgehead atoms. The summed E-state index contributed by atoms with van der Waals surface area (Å²) in [6.45, 7) is 3.33. The molecule has 0 radical (unpaired) electrons. The van der Waals surface area contributed by atoms with Gasteiger partial charge < -0.3 is 5.11 Å². The summed E-state index contributed by atoms with van der Waals surface area (Å²) in [6.07, 6.45) is 0. The number of amides is 1. The van der Waals surface area contributed by atoms with E-state index >= 15 is 0 Å². The number of nitrogens with one attached hydrogen (secondary N) is 2. The van der Waals surface area contributed by atoms with Gasteiger partial charge in [-0.15, -0.1) is 0 Å². The number of hydrazone groups is 1. The van der Waals surface area contributed by atoms with E-state index in [1.165, 1.54) is 10.7 Å². The maximum atomic E-state index is 13.0. The lowest BCUT2D eigenvalue weighted by molar-refractivity contribution is 0.0952. The molecule has 0 atom stereocenters. The minimum absolute atomic E-state index is 0.0826. The van der Waals surface area contributed by atoms with E-state index in [1.807, 2.05) is 24.3 Å². The summed E-state index contributed by atoms with van der Waals surface area (Å²) in [6, 6.07) is 15.3. The third kappa shape index (κ3) is 4.00. The second-order valence-electron chi connectivity index (χ2n) is 7.21. The highest BCUT2D eigenvalue weighted by molar-refractivity contribution is 6.42. The number of fused-ring (bicyclic) bond motifs is 1. The Morgan fingerprint density at radius 1 is 1.06 bits per heavy atom. The number of aromatic amines is 1. The highest BCUT2D eigenvalue weighted by atomic mass is 35.5. The number of aromatic hydroxyl groups is 1. The molecule has 3 aromatic carbocycles. The number of carbonyl (C=O) groups is 1. The van der Waals surface area contributed by atoms with Crippen LogP contribution in [0.4, 0.5) is 0 Å². The first-order valence-electron chi connectivity index (χ1n) is 9.60. The molecule has 0 unspecified atom stereocenters. The average Bonchev–Trinajstić information content (AvgIpc) is 3.07. The van der Waals surface area contributed by atoms with Crippen molar-refractivity contribution in [2.75, 3.05) is 0 Å². The number of halogens is 2. The Hall–Kier alpha value is -3.55. The molecule has 3 N–H and O–H groups in total. The van der Waals surface area contributed by atoms with E-state index in [0.717, 1.165) is 10.8 Å². The number of aryl methyl sites for hydroxylation is 1.